The minimum Gasteiger partial charge on any atom is -0.394 e. The van der Waals surface area contributed by atoms with Gasteiger partial charge < -0.3 is 15.5 Å². The van der Waals surface area contributed by atoms with Gasteiger partial charge in [0.15, 0.2) is 0 Å². The van der Waals surface area contributed by atoms with Gasteiger partial charge in [-0.1, -0.05) is 199 Å². The Morgan fingerprint density at radius 3 is 1.24 bits per heavy atom. The van der Waals surface area contributed by atoms with Gasteiger partial charge in [-0.2, -0.15) is 0 Å². The van der Waals surface area contributed by atoms with E-state index in [1.807, 2.05) is 13.0 Å². The van der Waals surface area contributed by atoms with Crippen LogP contribution in [0.1, 0.15) is 213 Å². The average Bonchev–Trinajstić information content (AvgIpc) is 3.04. The van der Waals surface area contributed by atoms with Gasteiger partial charge in [-0.25, -0.2) is 0 Å². The second-order valence-corrected chi connectivity index (χ2v) is 13.7. The highest BCUT2D eigenvalue weighted by Gasteiger charge is 2.17. The lowest BCUT2D eigenvalue weighted by Gasteiger charge is -2.19. The molecule has 0 spiro atoms. The Morgan fingerprint density at radius 1 is 0.511 bits per heavy atom. The zero-order valence-corrected chi connectivity index (χ0v) is 30.4. The zero-order chi connectivity index (χ0) is 32.9. The Bertz CT molecular complexity index is 647. The molecule has 0 saturated heterocycles. The van der Waals surface area contributed by atoms with Gasteiger partial charge in [-0.3, -0.25) is 4.79 Å². The first-order chi connectivity index (χ1) is 22.2. The number of rotatable bonds is 36. The molecule has 0 saturated carbocycles. The summed E-state index contributed by atoms with van der Waals surface area (Å²) in [6.07, 6.45) is 48.7. The summed E-state index contributed by atoms with van der Waals surface area (Å²) < 4.78 is 0. The third-order valence-electron chi connectivity index (χ3n) is 9.16. The van der Waals surface area contributed by atoms with E-state index < -0.39 is 12.1 Å². The molecule has 0 rings (SSSR count). The summed E-state index contributed by atoms with van der Waals surface area (Å²) in [5.41, 5.74) is 0. The Balaban J connectivity index is 3.30. The Labute approximate surface area is 281 Å². The topological polar surface area (TPSA) is 69.6 Å². The number of aliphatic hydroxyl groups is 2. The van der Waals surface area contributed by atoms with E-state index in [-0.39, 0.29) is 12.5 Å². The summed E-state index contributed by atoms with van der Waals surface area (Å²) in [5.74, 6) is -0.127. The zero-order valence-electron chi connectivity index (χ0n) is 30.4. The van der Waals surface area contributed by atoms with Crippen molar-refractivity contribution < 1.29 is 15.0 Å². The van der Waals surface area contributed by atoms with Gasteiger partial charge in [0.1, 0.15) is 0 Å². The fraction of sp³-hybridized carbons (Fsp3) is 0.878. The number of hydrogen-bond donors (Lipinski definition) is 3. The van der Waals surface area contributed by atoms with Crippen LogP contribution < -0.4 is 5.32 Å². The molecule has 0 fully saturated rings. The lowest BCUT2D eigenvalue weighted by Crippen LogP contribution is -2.45. The van der Waals surface area contributed by atoms with Crippen LogP contribution in [-0.2, 0) is 4.79 Å². The van der Waals surface area contributed by atoms with E-state index in [0.717, 1.165) is 25.7 Å². The first kappa shape index (κ1) is 43.9. The highest BCUT2D eigenvalue weighted by molar-refractivity contribution is 5.76. The van der Waals surface area contributed by atoms with Crippen LogP contribution in [0.15, 0.2) is 24.3 Å². The van der Waals surface area contributed by atoms with Gasteiger partial charge in [-0.05, 0) is 32.1 Å². The van der Waals surface area contributed by atoms with Gasteiger partial charge >= 0.3 is 0 Å². The number of aliphatic hydroxyl groups excluding tert-OH is 2. The van der Waals surface area contributed by atoms with Gasteiger partial charge in [0.2, 0.25) is 5.91 Å². The van der Waals surface area contributed by atoms with Crippen LogP contribution in [0.4, 0.5) is 0 Å². The van der Waals surface area contributed by atoms with Crippen LogP contribution >= 0.6 is 0 Å². The fourth-order valence-electron chi connectivity index (χ4n) is 6.12. The molecule has 45 heavy (non-hydrogen) atoms. The molecular formula is C41H79NO3. The van der Waals surface area contributed by atoms with Crippen molar-refractivity contribution in [1.29, 1.82) is 0 Å². The Morgan fingerprint density at radius 2 is 0.867 bits per heavy atom. The van der Waals surface area contributed by atoms with Crippen LogP contribution in [0.5, 0.6) is 0 Å². The molecular weight excluding hydrogens is 554 g/mol. The molecule has 2 atom stereocenters. The summed E-state index contributed by atoms with van der Waals surface area (Å²) in [6, 6.07) is -0.630. The van der Waals surface area contributed by atoms with E-state index in [9.17, 15) is 15.0 Å². The minimum atomic E-state index is -0.853. The molecule has 0 aromatic rings. The monoisotopic (exact) mass is 634 g/mol. The van der Waals surface area contributed by atoms with Crippen molar-refractivity contribution in [3.8, 4) is 0 Å². The summed E-state index contributed by atoms with van der Waals surface area (Å²) in [4.78, 5) is 11.7. The maximum Gasteiger partial charge on any atom is 0.220 e. The number of hydrogen-bond acceptors (Lipinski definition) is 3. The molecule has 0 aliphatic rings. The van der Waals surface area contributed by atoms with E-state index in [0.29, 0.717) is 6.42 Å². The molecule has 4 heteroatoms. The maximum atomic E-state index is 11.7. The van der Waals surface area contributed by atoms with Crippen LogP contribution in [0.2, 0.25) is 0 Å². The third kappa shape index (κ3) is 34.0. The largest absolute Gasteiger partial charge is 0.394 e. The van der Waals surface area contributed by atoms with E-state index in [1.54, 1.807) is 6.08 Å². The lowest BCUT2D eigenvalue weighted by molar-refractivity contribution is -0.122. The highest BCUT2D eigenvalue weighted by Crippen LogP contribution is 2.16. The summed E-state index contributed by atoms with van der Waals surface area (Å²) in [6.45, 7) is 3.97. The number of carbonyl (C=O) groups excluding carboxylic acids is 1. The van der Waals surface area contributed by atoms with Crippen molar-refractivity contribution in [2.24, 2.45) is 0 Å². The Hall–Kier alpha value is -1.13. The van der Waals surface area contributed by atoms with Crippen LogP contribution in [0, 0.1) is 0 Å². The van der Waals surface area contributed by atoms with Crippen LogP contribution in [0.3, 0.4) is 0 Å². The van der Waals surface area contributed by atoms with Gasteiger partial charge in [-0.15, -0.1) is 0 Å². The van der Waals surface area contributed by atoms with Crippen molar-refractivity contribution >= 4 is 5.91 Å². The van der Waals surface area contributed by atoms with E-state index in [4.69, 9.17) is 0 Å². The van der Waals surface area contributed by atoms with Gasteiger partial charge in [0, 0.05) is 6.42 Å². The predicted molar refractivity (Wildman–Crippen MR) is 198 cm³/mol. The van der Waals surface area contributed by atoms with Crippen molar-refractivity contribution in [2.45, 2.75) is 225 Å². The SMILES string of the molecule is CCCCCCCCCCCCCCCCCCCCCCCCCCCC/C=C/CC/C=C/C(O)C(CO)NC(=O)CCC. The second kappa shape index (κ2) is 37.3. The van der Waals surface area contributed by atoms with E-state index in [2.05, 4.69) is 24.4 Å². The molecule has 0 bridgehead atoms. The molecule has 266 valence electrons. The van der Waals surface area contributed by atoms with Crippen molar-refractivity contribution in [1.82, 2.24) is 5.32 Å². The summed E-state index contributed by atoms with van der Waals surface area (Å²) >= 11 is 0. The molecule has 0 heterocycles. The van der Waals surface area contributed by atoms with Gasteiger partial charge in [0.25, 0.3) is 0 Å². The van der Waals surface area contributed by atoms with E-state index in [1.165, 1.54) is 167 Å². The molecule has 0 aliphatic carbocycles. The average molecular weight is 634 g/mol. The number of amides is 1. The molecule has 4 nitrogen and oxygen atoms in total. The molecule has 0 aromatic carbocycles. The lowest BCUT2D eigenvalue weighted by atomic mass is 10.0. The quantitative estimate of drug-likeness (QED) is 0.0475. The normalized spacial score (nSPS) is 13.2. The number of allylic oxidation sites excluding steroid dienone is 3. The predicted octanol–water partition coefficient (Wildman–Crippen LogP) is 12.1. The van der Waals surface area contributed by atoms with Crippen molar-refractivity contribution in [3.63, 3.8) is 0 Å². The number of nitrogens with one attached hydrogen (secondary N) is 1. The maximum absolute atomic E-state index is 11.7. The standard InChI is InChI=1S/C41H79NO3/c1-3-5-6-7-8-9-10-11-12-13-14-15-16-17-18-19-20-21-22-23-24-25-26-27-28-29-30-31-32-33-34-35-37-40(44)39(38-43)42-41(45)36-4-2/h31-32,35,37,39-40,43-44H,3-30,33-34,36,38H2,1-2H3,(H,42,45)/b32-31+,37-35+. The van der Waals surface area contributed by atoms with Crippen LogP contribution in [0.25, 0.3) is 0 Å². The highest BCUT2D eigenvalue weighted by atomic mass is 16.3. The molecule has 1 amide bonds. The Kier molecular flexibility index (Phi) is 36.4. The first-order valence-electron chi connectivity index (χ1n) is 20.1. The second-order valence-electron chi connectivity index (χ2n) is 13.7. The first-order valence-corrected chi connectivity index (χ1v) is 20.1. The molecule has 0 aliphatic heterocycles. The van der Waals surface area contributed by atoms with Crippen molar-refractivity contribution in [3.05, 3.63) is 24.3 Å². The molecule has 2 unspecified atom stereocenters. The summed E-state index contributed by atoms with van der Waals surface area (Å²) in [7, 11) is 0. The minimum absolute atomic E-state index is 0.127. The molecule has 0 radical (unpaired) electrons. The van der Waals surface area contributed by atoms with Crippen LogP contribution in [-0.4, -0.2) is 34.9 Å². The smallest absolute Gasteiger partial charge is 0.220 e. The fourth-order valence-corrected chi connectivity index (χ4v) is 6.12. The van der Waals surface area contributed by atoms with Gasteiger partial charge in [0.05, 0.1) is 18.8 Å². The third-order valence-corrected chi connectivity index (χ3v) is 9.16. The summed E-state index contributed by atoms with van der Waals surface area (Å²) in [5, 5.41) is 22.3. The molecule has 3 N–H and O–H groups in total. The number of carbonyl (C=O) groups is 1. The number of unbranched alkanes of at least 4 members (excludes halogenated alkanes) is 27. The molecule has 0 aromatic heterocycles. The van der Waals surface area contributed by atoms with E-state index >= 15 is 0 Å². The van der Waals surface area contributed by atoms with Crippen molar-refractivity contribution in [2.75, 3.05) is 6.61 Å².